The van der Waals surface area contributed by atoms with Crippen molar-refractivity contribution in [2.75, 3.05) is 27.2 Å². The Kier molecular flexibility index (Phi) is 4.04. The van der Waals surface area contributed by atoms with E-state index in [1.54, 1.807) is 0 Å². The van der Waals surface area contributed by atoms with Crippen LogP contribution < -0.4 is 5.32 Å². The number of nitrogens with one attached hydrogen (secondary N) is 1. The van der Waals surface area contributed by atoms with Crippen molar-refractivity contribution >= 4 is 0 Å². The van der Waals surface area contributed by atoms with Gasteiger partial charge in [0.15, 0.2) is 0 Å². The van der Waals surface area contributed by atoms with Crippen LogP contribution in [0.2, 0.25) is 0 Å². The summed E-state index contributed by atoms with van der Waals surface area (Å²) >= 11 is 0. The fourth-order valence-corrected chi connectivity index (χ4v) is 0.303. The zero-order valence-electron chi connectivity index (χ0n) is 5.07. The first-order valence-corrected chi connectivity index (χ1v) is 2.43. The molecule has 0 aromatic heterocycles. The average molecular weight is 101 g/mol. The predicted octanol–water partition coefficient (Wildman–Crippen LogP) is -0.0708. The molecule has 2 nitrogen and oxygen atoms in total. The smallest absolute Gasteiger partial charge is 0.0107 e. The first kappa shape index (κ1) is 6.92. The van der Waals surface area contributed by atoms with Crippen molar-refractivity contribution in [1.29, 1.82) is 0 Å². The third kappa shape index (κ3) is 5.92. The van der Waals surface area contributed by atoms with Crippen LogP contribution >= 0.6 is 0 Å². The number of likely N-dealkylation sites (N-methyl/N-ethyl adjacent to an activating group) is 2. The molecule has 0 aliphatic carbocycles. The third-order valence-electron chi connectivity index (χ3n) is 0.744. The Hall–Kier alpha value is -0.0800. The SMILES string of the molecule is [CH2]N(C)CCNC. The van der Waals surface area contributed by atoms with Crippen LogP contribution in [0.15, 0.2) is 0 Å². The van der Waals surface area contributed by atoms with Crippen molar-refractivity contribution in [2.45, 2.75) is 0 Å². The topological polar surface area (TPSA) is 15.3 Å². The molecule has 0 aromatic rings. The van der Waals surface area contributed by atoms with Crippen molar-refractivity contribution in [3.05, 3.63) is 7.05 Å². The molecule has 0 saturated heterocycles. The first-order chi connectivity index (χ1) is 3.27. The Morgan fingerprint density at radius 3 is 2.43 bits per heavy atom. The van der Waals surface area contributed by atoms with Crippen LogP contribution in [0.3, 0.4) is 0 Å². The fraction of sp³-hybridized carbons (Fsp3) is 0.800. The van der Waals surface area contributed by atoms with E-state index < -0.39 is 0 Å². The average Bonchev–Trinajstić information content (AvgIpc) is 1.61. The van der Waals surface area contributed by atoms with Gasteiger partial charge < -0.3 is 10.2 Å². The summed E-state index contributed by atoms with van der Waals surface area (Å²) in [6.45, 7) is 2.02. The summed E-state index contributed by atoms with van der Waals surface area (Å²) < 4.78 is 0. The quantitative estimate of drug-likeness (QED) is 0.535. The highest BCUT2D eigenvalue weighted by Gasteiger charge is 1.83. The summed E-state index contributed by atoms with van der Waals surface area (Å²) in [6.07, 6.45) is 0. The van der Waals surface area contributed by atoms with Crippen molar-refractivity contribution < 1.29 is 0 Å². The van der Waals surface area contributed by atoms with Gasteiger partial charge in [-0.25, -0.2) is 0 Å². The molecular weight excluding hydrogens is 88.1 g/mol. The summed E-state index contributed by atoms with van der Waals surface area (Å²) in [4.78, 5) is 1.90. The van der Waals surface area contributed by atoms with Gasteiger partial charge in [0.25, 0.3) is 0 Å². The van der Waals surface area contributed by atoms with Gasteiger partial charge >= 0.3 is 0 Å². The molecule has 0 aliphatic rings. The monoisotopic (exact) mass is 101 g/mol. The highest BCUT2D eigenvalue weighted by atomic mass is 15.1. The molecule has 1 radical (unpaired) electrons. The van der Waals surface area contributed by atoms with E-state index in [2.05, 4.69) is 12.4 Å². The minimum Gasteiger partial charge on any atom is -0.318 e. The van der Waals surface area contributed by atoms with Gasteiger partial charge in [0.05, 0.1) is 0 Å². The molecule has 1 N–H and O–H groups in total. The lowest BCUT2D eigenvalue weighted by Crippen LogP contribution is -2.22. The molecule has 2 heteroatoms. The van der Waals surface area contributed by atoms with E-state index in [-0.39, 0.29) is 0 Å². The van der Waals surface area contributed by atoms with E-state index in [1.807, 2.05) is 19.0 Å². The van der Waals surface area contributed by atoms with Gasteiger partial charge in [0.1, 0.15) is 0 Å². The second-order valence-corrected chi connectivity index (χ2v) is 1.68. The van der Waals surface area contributed by atoms with Crippen molar-refractivity contribution in [3.8, 4) is 0 Å². The Morgan fingerprint density at radius 2 is 2.29 bits per heavy atom. The molecular formula is C5H13N2. The molecule has 0 rings (SSSR count). The minimum atomic E-state index is 1.01. The molecule has 0 heterocycles. The zero-order chi connectivity index (χ0) is 5.70. The standard InChI is InChI=1S/C5H13N2/c1-6-4-5-7(2)3/h6H,2,4-5H2,1,3H3. The lowest BCUT2D eigenvalue weighted by molar-refractivity contribution is 0.446. The first-order valence-electron chi connectivity index (χ1n) is 2.43. The Labute approximate surface area is 45.5 Å². The molecule has 7 heavy (non-hydrogen) atoms. The maximum atomic E-state index is 3.67. The zero-order valence-corrected chi connectivity index (χ0v) is 5.07. The summed E-state index contributed by atoms with van der Waals surface area (Å²) in [5.74, 6) is 0. The Morgan fingerprint density at radius 1 is 1.71 bits per heavy atom. The summed E-state index contributed by atoms with van der Waals surface area (Å²) in [7, 11) is 7.56. The lowest BCUT2D eigenvalue weighted by Gasteiger charge is -2.06. The molecule has 0 fully saturated rings. The van der Waals surface area contributed by atoms with Crippen LogP contribution in [0, 0.1) is 7.05 Å². The highest BCUT2D eigenvalue weighted by molar-refractivity contribution is 4.47. The number of hydrogen-bond donors (Lipinski definition) is 1. The molecule has 0 bridgehead atoms. The lowest BCUT2D eigenvalue weighted by atomic mass is 10.6. The second kappa shape index (κ2) is 4.09. The third-order valence-corrected chi connectivity index (χ3v) is 0.744. The van der Waals surface area contributed by atoms with E-state index in [1.165, 1.54) is 0 Å². The van der Waals surface area contributed by atoms with Gasteiger partial charge in [-0.05, 0) is 14.1 Å². The Balaban J connectivity index is 2.68. The molecule has 0 saturated carbocycles. The van der Waals surface area contributed by atoms with Crippen LogP contribution in [0.1, 0.15) is 0 Å². The molecule has 0 aliphatic heterocycles. The number of nitrogens with zero attached hydrogens (tertiary/aromatic N) is 1. The molecule has 43 valence electrons. The van der Waals surface area contributed by atoms with Gasteiger partial charge in [0.2, 0.25) is 0 Å². The van der Waals surface area contributed by atoms with E-state index >= 15 is 0 Å². The van der Waals surface area contributed by atoms with E-state index in [0.29, 0.717) is 0 Å². The fourth-order valence-electron chi connectivity index (χ4n) is 0.303. The van der Waals surface area contributed by atoms with Gasteiger partial charge in [-0.15, -0.1) is 0 Å². The molecule has 0 atom stereocenters. The predicted molar refractivity (Wildman–Crippen MR) is 31.9 cm³/mol. The van der Waals surface area contributed by atoms with Crippen molar-refractivity contribution in [1.82, 2.24) is 10.2 Å². The van der Waals surface area contributed by atoms with Gasteiger partial charge in [-0.2, -0.15) is 0 Å². The van der Waals surface area contributed by atoms with E-state index in [4.69, 9.17) is 0 Å². The van der Waals surface area contributed by atoms with Crippen LogP contribution in [0.5, 0.6) is 0 Å². The largest absolute Gasteiger partial charge is 0.318 e. The van der Waals surface area contributed by atoms with Gasteiger partial charge in [-0.1, -0.05) is 0 Å². The van der Waals surface area contributed by atoms with Gasteiger partial charge in [-0.3, -0.25) is 0 Å². The number of rotatable bonds is 3. The molecule has 0 unspecified atom stereocenters. The Bertz CT molecular complexity index is 35.1. The maximum Gasteiger partial charge on any atom is 0.0107 e. The van der Waals surface area contributed by atoms with Crippen LogP contribution in [-0.4, -0.2) is 32.1 Å². The summed E-state index contributed by atoms with van der Waals surface area (Å²) in [5, 5.41) is 3.02. The van der Waals surface area contributed by atoms with E-state index in [9.17, 15) is 0 Å². The summed E-state index contributed by atoms with van der Waals surface area (Å²) in [5.41, 5.74) is 0. The van der Waals surface area contributed by atoms with Crippen molar-refractivity contribution in [2.24, 2.45) is 0 Å². The van der Waals surface area contributed by atoms with E-state index in [0.717, 1.165) is 13.1 Å². The van der Waals surface area contributed by atoms with Gasteiger partial charge in [0, 0.05) is 20.1 Å². The van der Waals surface area contributed by atoms with Crippen LogP contribution in [-0.2, 0) is 0 Å². The van der Waals surface area contributed by atoms with Crippen molar-refractivity contribution in [3.63, 3.8) is 0 Å². The molecule has 0 aromatic carbocycles. The second-order valence-electron chi connectivity index (χ2n) is 1.68. The van der Waals surface area contributed by atoms with Crippen LogP contribution in [0.4, 0.5) is 0 Å². The maximum absolute atomic E-state index is 3.67. The summed E-state index contributed by atoms with van der Waals surface area (Å²) in [6, 6.07) is 0. The molecule has 0 amide bonds. The normalized spacial score (nSPS) is 10.3. The number of hydrogen-bond acceptors (Lipinski definition) is 2. The highest BCUT2D eigenvalue weighted by Crippen LogP contribution is 1.69. The minimum absolute atomic E-state index is 1.01. The van der Waals surface area contributed by atoms with Crippen LogP contribution in [0.25, 0.3) is 0 Å². The molecule has 0 spiro atoms.